The second kappa shape index (κ2) is 7.40. The summed E-state index contributed by atoms with van der Waals surface area (Å²) in [5, 5.41) is 3.21. The molecule has 0 fully saturated rings. The largest absolute Gasteiger partial charge is 0.444 e. The normalized spacial score (nSPS) is 11.8. The average molecular weight is 268 g/mol. The van der Waals surface area contributed by atoms with Crippen molar-refractivity contribution in [3.05, 3.63) is 0 Å². The fourth-order valence-electron chi connectivity index (χ4n) is 1.49. The molecule has 0 aliphatic heterocycles. The Balaban J connectivity index is 4.41. The zero-order chi connectivity index (χ0) is 15.1. The predicted octanol–water partition coefficient (Wildman–Crippen LogP) is 2.63. The second-order valence-corrected chi connectivity index (χ2v) is 6.51. The topological polar surface area (TPSA) is 41.6 Å². The maximum absolute atomic E-state index is 12.2. The van der Waals surface area contributed by atoms with Crippen LogP contribution in [-0.2, 0) is 4.74 Å². The van der Waals surface area contributed by atoms with Gasteiger partial charge in [-0.3, -0.25) is 0 Å². The highest BCUT2D eigenvalue weighted by molar-refractivity contribution is 5.69. The van der Waals surface area contributed by atoms with Gasteiger partial charge in [-0.15, -0.1) is 12.3 Å². The van der Waals surface area contributed by atoms with Crippen molar-refractivity contribution in [1.29, 1.82) is 0 Å². The van der Waals surface area contributed by atoms with Crippen LogP contribution in [0.4, 0.5) is 4.79 Å². The van der Waals surface area contributed by atoms with Gasteiger partial charge in [0.2, 0.25) is 0 Å². The van der Waals surface area contributed by atoms with Gasteiger partial charge in [-0.05, 0) is 41.5 Å². The standard InChI is InChI=1S/C15H28N2O2/c1-8-9-10-16-11-12-17(14(2,3)4)13(18)19-15(5,6)7/h1,16H,9-12H2,2-7H3. The average Bonchev–Trinajstić information content (AvgIpc) is 2.18. The van der Waals surface area contributed by atoms with Crippen LogP contribution >= 0.6 is 0 Å². The van der Waals surface area contributed by atoms with E-state index in [-0.39, 0.29) is 11.6 Å². The fourth-order valence-corrected chi connectivity index (χ4v) is 1.49. The van der Waals surface area contributed by atoms with E-state index in [0.29, 0.717) is 19.5 Å². The van der Waals surface area contributed by atoms with Crippen LogP contribution in [0.3, 0.4) is 0 Å². The monoisotopic (exact) mass is 268 g/mol. The Morgan fingerprint density at radius 3 is 2.21 bits per heavy atom. The highest BCUT2D eigenvalue weighted by atomic mass is 16.6. The molecule has 1 N–H and O–H groups in total. The number of carbonyl (C=O) groups excluding carboxylic acids is 1. The molecule has 0 aromatic carbocycles. The van der Waals surface area contributed by atoms with E-state index in [1.54, 1.807) is 4.90 Å². The number of hydrogen-bond acceptors (Lipinski definition) is 3. The van der Waals surface area contributed by atoms with Crippen molar-refractivity contribution in [3.8, 4) is 12.3 Å². The molecule has 4 nitrogen and oxygen atoms in total. The molecule has 0 atom stereocenters. The van der Waals surface area contributed by atoms with Crippen LogP contribution < -0.4 is 5.32 Å². The molecule has 0 saturated heterocycles. The number of nitrogens with one attached hydrogen (secondary N) is 1. The molecule has 0 bridgehead atoms. The Morgan fingerprint density at radius 2 is 1.79 bits per heavy atom. The Kier molecular flexibility index (Phi) is 6.93. The quantitative estimate of drug-likeness (QED) is 0.615. The lowest BCUT2D eigenvalue weighted by molar-refractivity contribution is 0.00667. The summed E-state index contributed by atoms with van der Waals surface area (Å²) in [5.74, 6) is 2.57. The van der Waals surface area contributed by atoms with Gasteiger partial charge < -0.3 is 15.0 Å². The molecule has 19 heavy (non-hydrogen) atoms. The lowest BCUT2D eigenvalue weighted by atomic mass is 10.1. The third kappa shape index (κ3) is 8.50. The summed E-state index contributed by atoms with van der Waals surface area (Å²) in [5.41, 5.74) is -0.742. The summed E-state index contributed by atoms with van der Waals surface area (Å²) in [6.07, 6.45) is 5.60. The number of rotatable bonds is 5. The van der Waals surface area contributed by atoms with E-state index in [9.17, 15) is 4.79 Å². The van der Waals surface area contributed by atoms with Gasteiger partial charge in [-0.1, -0.05) is 0 Å². The smallest absolute Gasteiger partial charge is 0.410 e. The van der Waals surface area contributed by atoms with E-state index in [1.807, 2.05) is 41.5 Å². The van der Waals surface area contributed by atoms with Crippen LogP contribution in [-0.4, -0.2) is 41.8 Å². The molecule has 0 aromatic heterocycles. The van der Waals surface area contributed by atoms with E-state index in [4.69, 9.17) is 11.2 Å². The van der Waals surface area contributed by atoms with Gasteiger partial charge in [0.05, 0.1) is 0 Å². The lowest BCUT2D eigenvalue weighted by Gasteiger charge is -2.36. The third-order valence-electron chi connectivity index (χ3n) is 2.38. The molecular weight excluding hydrogens is 240 g/mol. The molecule has 110 valence electrons. The van der Waals surface area contributed by atoms with Crippen LogP contribution in [0.25, 0.3) is 0 Å². The van der Waals surface area contributed by atoms with Crippen LogP contribution in [0, 0.1) is 12.3 Å². The van der Waals surface area contributed by atoms with Crippen molar-refractivity contribution >= 4 is 6.09 Å². The maximum Gasteiger partial charge on any atom is 0.410 e. The molecule has 0 heterocycles. The highest BCUT2D eigenvalue weighted by Gasteiger charge is 2.29. The zero-order valence-corrected chi connectivity index (χ0v) is 13.2. The zero-order valence-electron chi connectivity index (χ0n) is 13.2. The minimum absolute atomic E-state index is 0.268. The summed E-state index contributed by atoms with van der Waals surface area (Å²) in [6.45, 7) is 13.7. The first-order valence-electron chi connectivity index (χ1n) is 6.73. The molecule has 0 spiro atoms. The Hall–Kier alpha value is -1.21. The molecule has 0 aliphatic carbocycles. The Labute approximate surface area is 117 Å². The second-order valence-electron chi connectivity index (χ2n) is 6.51. The maximum atomic E-state index is 12.2. The molecule has 0 aliphatic rings. The van der Waals surface area contributed by atoms with Crippen molar-refractivity contribution in [1.82, 2.24) is 10.2 Å². The van der Waals surface area contributed by atoms with E-state index in [2.05, 4.69) is 11.2 Å². The van der Waals surface area contributed by atoms with Crippen LogP contribution in [0.5, 0.6) is 0 Å². The number of carbonyl (C=O) groups is 1. The van der Waals surface area contributed by atoms with Gasteiger partial charge in [0.25, 0.3) is 0 Å². The minimum Gasteiger partial charge on any atom is -0.444 e. The SMILES string of the molecule is C#CCCNCCN(C(=O)OC(C)(C)C)C(C)(C)C. The van der Waals surface area contributed by atoms with Crippen LogP contribution in [0.2, 0.25) is 0 Å². The Morgan fingerprint density at radius 1 is 1.21 bits per heavy atom. The first kappa shape index (κ1) is 17.8. The van der Waals surface area contributed by atoms with E-state index in [1.165, 1.54) is 0 Å². The van der Waals surface area contributed by atoms with Crippen molar-refractivity contribution in [2.24, 2.45) is 0 Å². The van der Waals surface area contributed by atoms with Gasteiger partial charge >= 0.3 is 6.09 Å². The minimum atomic E-state index is -0.475. The van der Waals surface area contributed by atoms with Gasteiger partial charge in [0, 0.05) is 31.6 Å². The van der Waals surface area contributed by atoms with E-state index >= 15 is 0 Å². The van der Waals surface area contributed by atoms with Gasteiger partial charge in [0.1, 0.15) is 5.60 Å². The van der Waals surface area contributed by atoms with Gasteiger partial charge in [-0.2, -0.15) is 0 Å². The molecule has 4 heteroatoms. The summed E-state index contributed by atoms with van der Waals surface area (Å²) in [6, 6.07) is 0. The molecule has 0 rings (SSSR count). The molecule has 0 unspecified atom stereocenters. The molecule has 1 amide bonds. The predicted molar refractivity (Wildman–Crippen MR) is 79.0 cm³/mol. The van der Waals surface area contributed by atoms with E-state index in [0.717, 1.165) is 6.54 Å². The number of amides is 1. The Bertz CT molecular complexity index is 319. The first-order chi connectivity index (χ1) is 8.58. The molecular formula is C15H28N2O2. The lowest BCUT2D eigenvalue weighted by Crippen LogP contribution is -2.50. The molecule has 0 radical (unpaired) electrons. The van der Waals surface area contributed by atoms with Gasteiger partial charge in [0.15, 0.2) is 0 Å². The summed E-state index contributed by atoms with van der Waals surface area (Å²) in [7, 11) is 0. The highest BCUT2D eigenvalue weighted by Crippen LogP contribution is 2.17. The van der Waals surface area contributed by atoms with Crippen LogP contribution in [0.15, 0.2) is 0 Å². The number of nitrogens with zero attached hydrogens (tertiary/aromatic N) is 1. The number of terminal acetylenes is 1. The van der Waals surface area contributed by atoms with Crippen molar-refractivity contribution in [3.63, 3.8) is 0 Å². The third-order valence-corrected chi connectivity index (χ3v) is 2.38. The van der Waals surface area contributed by atoms with Crippen molar-refractivity contribution < 1.29 is 9.53 Å². The number of ether oxygens (including phenoxy) is 1. The van der Waals surface area contributed by atoms with Crippen LogP contribution in [0.1, 0.15) is 48.0 Å². The van der Waals surface area contributed by atoms with Crippen molar-refractivity contribution in [2.75, 3.05) is 19.6 Å². The molecule has 0 aromatic rings. The summed E-state index contributed by atoms with van der Waals surface area (Å²) in [4.78, 5) is 13.9. The molecule has 0 saturated carbocycles. The summed E-state index contributed by atoms with van der Waals surface area (Å²) >= 11 is 0. The number of hydrogen-bond donors (Lipinski definition) is 1. The van der Waals surface area contributed by atoms with E-state index < -0.39 is 5.60 Å². The van der Waals surface area contributed by atoms with Gasteiger partial charge in [-0.25, -0.2) is 4.79 Å². The van der Waals surface area contributed by atoms with Crippen molar-refractivity contribution in [2.45, 2.75) is 59.1 Å². The fraction of sp³-hybridized carbons (Fsp3) is 0.800. The first-order valence-corrected chi connectivity index (χ1v) is 6.73. The summed E-state index contributed by atoms with van der Waals surface area (Å²) < 4.78 is 5.43.